The molecule has 4 N–H and O–H groups in total. The lowest BCUT2D eigenvalue weighted by Gasteiger charge is -2.12. The van der Waals surface area contributed by atoms with Crippen LogP contribution in [0.2, 0.25) is 5.02 Å². The van der Waals surface area contributed by atoms with E-state index in [1.54, 1.807) is 18.2 Å². The van der Waals surface area contributed by atoms with Crippen LogP contribution in [0.4, 0.5) is 8.78 Å². The van der Waals surface area contributed by atoms with Crippen molar-refractivity contribution in [1.29, 1.82) is 0 Å². The maximum absolute atomic E-state index is 14.6. The van der Waals surface area contributed by atoms with Gasteiger partial charge in [0.05, 0.1) is 16.3 Å². The Bertz CT molecular complexity index is 1210. The zero-order chi connectivity index (χ0) is 23.5. The van der Waals surface area contributed by atoms with Crippen LogP contribution in [-0.2, 0) is 13.1 Å². The van der Waals surface area contributed by atoms with Gasteiger partial charge in [-0.2, -0.15) is 0 Å². The Labute approximate surface area is 194 Å². The van der Waals surface area contributed by atoms with Crippen LogP contribution in [-0.4, -0.2) is 22.8 Å². The molecule has 6 nitrogen and oxygen atoms in total. The van der Waals surface area contributed by atoms with E-state index in [1.807, 2.05) is 0 Å². The van der Waals surface area contributed by atoms with Gasteiger partial charge in [-0.05, 0) is 54.8 Å². The van der Waals surface area contributed by atoms with Crippen molar-refractivity contribution in [1.82, 2.24) is 15.6 Å². The molecule has 0 bridgehead atoms. The number of rotatable bonds is 7. The number of nitrogens with two attached hydrogens (primary N) is 1. The fourth-order valence-electron chi connectivity index (χ4n) is 3.32. The molecule has 1 aliphatic carbocycles. The summed E-state index contributed by atoms with van der Waals surface area (Å²) in [4.78, 5) is 29.1. The highest BCUT2D eigenvalue weighted by molar-refractivity contribution is 6.30. The number of carbonyl (C=O) groups is 2. The van der Waals surface area contributed by atoms with Crippen molar-refractivity contribution in [3.8, 4) is 11.3 Å². The molecule has 0 unspecified atom stereocenters. The average Bonchev–Trinajstić information content (AvgIpc) is 3.63. The molecule has 4 rings (SSSR count). The molecule has 2 amide bonds. The Balaban J connectivity index is 1.51. The Morgan fingerprint density at radius 2 is 1.82 bits per heavy atom. The molecular formula is C24H21ClF2N4O2. The second-order valence-corrected chi connectivity index (χ2v) is 8.21. The molecule has 33 heavy (non-hydrogen) atoms. The maximum atomic E-state index is 14.6. The first-order valence-electron chi connectivity index (χ1n) is 10.4. The standard InChI is InChI=1S/C24H21ClF2N4O2/c25-19-7-13(1-5-20(19)26)11-30-23(32)14-2-6-22(29-12-14)17-8-15(9-21(27)18(17)10-28)24(33)31-16-3-4-16/h1-2,5-9,12,16H,3-4,10-11,28H2,(H,30,32)(H,31,33). The van der Waals surface area contributed by atoms with Crippen LogP contribution in [0.15, 0.2) is 48.7 Å². The van der Waals surface area contributed by atoms with Gasteiger partial charge in [-0.25, -0.2) is 8.78 Å². The quantitative estimate of drug-likeness (QED) is 0.487. The second kappa shape index (κ2) is 9.64. The number of benzene rings is 2. The van der Waals surface area contributed by atoms with Crippen LogP contribution in [0.1, 0.15) is 44.7 Å². The maximum Gasteiger partial charge on any atom is 0.253 e. The monoisotopic (exact) mass is 470 g/mol. The molecule has 9 heteroatoms. The number of hydrogen-bond acceptors (Lipinski definition) is 4. The summed E-state index contributed by atoms with van der Waals surface area (Å²) in [5.74, 6) is -1.86. The van der Waals surface area contributed by atoms with E-state index in [-0.39, 0.29) is 46.8 Å². The summed E-state index contributed by atoms with van der Waals surface area (Å²) in [5, 5.41) is 5.52. The Morgan fingerprint density at radius 1 is 1.03 bits per heavy atom. The molecule has 0 saturated heterocycles. The van der Waals surface area contributed by atoms with Crippen LogP contribution in [0, 0.1) is 11.6 Å². The summed E-state index contributed by atoms with van der Waals surface area (Å²) in [5.41, 5.74) is 7.86. The van der Waals surface area contributed by atoms with Crippen molar-refractivity contribution < 1.29 is 18.4 Å². The van der Waals surface area contributed by atoms with E-state index in [9.17, 15) is 18.4 Å². The van der Waals surface area contributed by atoms with Gasteiger partial charge in [0.1, 0.15) is 11.6 Å². The van der Waals surface area contributed by atoms with E-state index in [0.29, 0.717) is 16.8 Å². The van der Waals surface area contributed by atoms with Gasteiger partial charge in [0.15, 0.2) is 0 Å². The van der Waals surface area contributed by atoms with Gasteiger partial charge in [-0.3, -0.25) is 14.6 Å². The van der Waals surface area contributed by atoms with Gasteiger partial charge in [0, 0.05) is 42.0 Å². The van der Waals surface area contributed by atoms with Crippen molar-refractivity contribution in [3.63, 3.8) is 0 Å². The normalized spacial score (nSPS) is 13.0. The lowest BCUT2D eigenvalue weighted by Crippen LogP contribution is -2.25. The zero-order valence-corrected chi connectivity index (χ0v) is 18.3. The third-order valence-electron chi connectivity index (χ3n) is 5.31. The average molecular weight is 471 g/mol. The van der Waals surface area contributed by atoms with Crippen molar-refractivity contribution in [3.05, 3.63) is 87.6 Å². The number of nitrogens with one attached hydrogen (secondary N) is 2. The highest BCUT2D eigenvalue weighted by atomic mass is 35.5. The van der Waals surface area contributed by atoms with E-state index in [0.717, 1.165) is 12.8 Å². The number of carbonyl (C=O) groups excluding carboxylic acids is 2. The molecule has 0 spiro atoms. The minimum absolute atomic E-state index is 0.0243. The van der Waals surface area contributed by atoms with E-state index in [4.69, 9.17) is 17.3 Å². The summed E-state index contributed by atoms with van der Waals surface area (Å²) >= 11 is 5.76. The molecule has 0 aliphatic heterocycles. The number of nitrogens with zero attached hydrogens (tertiary/aromatic N) is 1. The molecule has 0 atom stereocenters. The van der Waals surface area contributed by atoms with E-state index in [2.05, 4.69) is 15.6 Å². The first-order valence-corrected chi connectivity index (χ1v) is 10.8. The van der Waals surface area contributed by atoms with Crippen molar-refractivity contribution in [2.45, 2.75) is 32.0 Å². The van der Waals surface area contributed by atoms with E-state index < -0.39 is 17.5 Å². The van der Waals surface area contributed by atoms with E-state index >= 15 is 0 Å². The third-order valence-corrected chi connectivity index (χ3v) is 5.60. The van der Waals surface area contributed by atoms with Gasteiger partial charge in [-0.1, -0.05) is 17.7 Å². The SMILES string of the molecule is NCc1c(F)cc(C(=O)NC2CC2)cc1-c1ccc(C(=O)NCc2ccc(F)c(Cl)c2)cn1. The van der Waals surface area contributed by atoms with Crippen LogP contribution in [0.5, 0.6) is 0 Å². The second-order valence-electron chi connectivity index (χ2n) is 7.80. The molecule has 1 heterocycles. The van der Waals surface area contributed by atoms with Gasteiger partial charge >= 0.3 is 0 Å². The zero-order valence-electron chi connectivity index (χ0n) is 17.5. The molecule has 2 aromatic carbocycles. The van der Waals surface area contributed by atoms with Crippen LogP contribution in [0.3, 0.4) is 0 Å². The minimum Gasteiger partial charge on any atom is -0.349 e. The Morgan fingerprint density at radius 3 is 2.45 bits per heavy atom. The molecule has 1 aliphatic rings. The van der Waals surface area contributed by atoms with Crippen LogP contribution >= 0.6 is 11.6 Å². The number of hydrogen-bond donors (Lipinski definition) is 3. The third kappa shape index (κ3) is 5.35. The molecular weight excluding hydrogens is 450 g/mol. The van der Waals surface area contributed by atoms with Gasteiger partial charge in [-0.15, -0.1) is 0 Å². The highest BCUT2D eigenvalue weighted by Crippen LogP contribution is 2.27. The minimum atomic E-state index is -0.586. The fraction of sp³-hybridized carbons (Fsp3) is 0.208. The van der Waals surface area contributed by atoms with Crippen molar-refractivity contribution >= 4 is 23.4 Å². The lowest BCUT2D eigenvalue weighted by atomic mass is 9.99. The van der Waals surface area contributed by atoms with Gasteiger partial charge in [0.25, 0.3) is 11.8 Å². The Kier molecular flexibility index (Phi) is 6.67. The van der Waals surface area contributed by atoms with Gasteiger partial charge < -0.3 is 16.4 Å². The first-order chi connectivity index (χ1) is 15.9. The predicted molar refractivity (Wildman–Crippen MR) is 121 cm³/mol. The summed E-state index contributed by atoms with van der Waals surface area (Å²) in [6.45, 7) is 0.0805. The fourth-order valence-corrected chi connectivity index (χ4v) is 3.52. The summed E-state index contributed by atoms with van der Waals surface area (Å²) < 4.78 is 27.9. The van der Waals surface area contributed by atoms with Crippen LogP contribution in [0.25, 0.3) is 11.3 Å². The predicted octanol–water partition coefficient (Wildman–Crippen LogP) is 3.96. The molecule has 1 saturated carbocycles. The summed E-state index contributed by atoms with van der Waals surface area (Å²) in [6, 6.07) is 10.2. The number of amides is 2. The molecule has 1 fully saturated rings. The smallest absolute Gasteiger partial charge is 0.253 e. The van der Waals surface area contributed by atoms with Crippen LogP contribution < -0.4 is 16.4 Å². The number of aromatic nitrogens is 1. The topological polar surface area (TPSA) is 97.1 Å². The first kappa shape index (κ1) is 22.8. The van der Waals surface area contributed by atoms with E-state index in [1.165, 1.54) is 30.5 Å². The summed E-state index contributed by atoms with van der Waals surface area (Å²) in [6.07, 6.45) is 3.19. The molecule has 3 aromatic rings. The lowest BCUT2D eigenvalue weighted by molar-refractivity contribution is 0.0942. The molecule has 1 aromatic heterocycles. The molecule has 0 radical (unpaired) electrons. The highest BCUT2D eigenvalue weighted by Gasteiger charge is 2.25. The Hall–Kier alpha value is -3.36. The number of halogens is 3. The van der Waals surface area contributed by atoms with Crippen molar-refractivity contribution in [2.24, 2.45) is 5.73 Å². The molecule has 170 valence electrons. The largest absolute Gasteiger partial charge is 0.349 e. The number of pyridine rings is 1. The van der Waals surface area contributed by atoms with Gasteiger partial charge in [0.2, 0.25) is 0 Å². The van der Waals surface area contributed by atoms with Crippen molar-refractivity contribution in [2.75, 3.05) is 0 Å². The summed E-state index contributed by atoms with van der Waals surface area (Å²) in [7, 11) is 0.